The fourth-order valence-corrected chi connectivity index (χ4v) is 2.95. The highest BCUT2D eigenvalue weighted by Gasteiger charge is 2.16. The van der Waals surface area contributed by atoms with E-state index in [2.05, 4.69) is 15.5 Å². The molecule has 0 aliphatic rings. The summed E-state index contributed by atoms with van der Waals surface area (Å²) in [4.78, 5) is 29.6. The van der Waals surface area contributed by atoms with Crippen molar-refractivity contribution in [1.29, 1.82) is 0 Å². The summed E-state index contributed by atoms with van der Waals surface area (Å²) in [5.74, 6) is -0.223. The maximum Gasteiger partial charge on any atom is 0.283 e. The molecule has 140 valence electrons. The van der Waals surface area contributed by atoms with Crippen molar-refractivity contribution >= 4 is 28.5 Å². The van der Waals surface area contributed by atoms with Gasteiger partial charge < -0.3 is 4.74 Å². The highest BCUT2D eigenvalue weighted by atomic mass is 35.5. The van der Waals surface area contributed by atoms with Crippen LogP contribution >= 0.6 is 11.6 Å². The number of halogens is 1. The molecule has 0 aliphatic carbocycles. The molecule has 0 saturated heterocycles. The van der Waals surface area contributed by atoms with Crippen LogP contribution in [0.1, 0.15) is 10.4 Å². The largest absolute Gasteiger partial charge is 0.496 e. The molecule has 0 atom stereocenters. The Morgan fingerprint density at radius 2 is 1.96 bits per heavy atom. The summed E-state index contributed by atoms with van der Waals surface area (Å²) in [6, 6.07) is 14.0. The monoisotopic (exact) mass is 395 g/mol. The number of carbonyl (C=O) groups excluding carboxylic acids is 1. The molecule has 0 aliphatic heterocycles. The fraction of sp³-hybridized carbons (Fsp3) is 0.0526. The van der Waals surface area contributed by atoms with Crippen LogP contribution in [0.2, 0.25) is 5.02 Å². The normalized spacial score (nSPS) is 10.8. The highest BCUT2D eigenvalue weighted by Crippen LogP contribution is 2.22. The third kappa shape index (κ3) is 3.10. The molecule has 2 heterocycles. The number of rotatable bonds is 4. The second-order valence-electron chi connectivity index (χ2n) is 5.83. The zero-order valence-corrected chi connectivity index (χ0v) is 15.4. The average Bonchev–Trinajstić information content (AvgIpc) is 3.15. The minimum absolute atomic E-state index is 0.196. The number of aromatic nitrogens is 4. The zero-order chi connectivity index (χ0) is 19.7. The van der Waals surface area contributed by atoms with Gasteiger partial charge in [0, 0.05) is 5.02 Å². The van der Waals surface area contributed by atoms with E-state index in [4.69, 9.17) is 16.3 Å². The van der Waals surface area contributed by atoms with Gasteiger partial charge in [-0.3, -0.25) is 15.0 Å². The van der Waals surface area contributed by atoms with Crippen LogP contribution in [-0.4, -0.2) is 32.5 Å². The number of ether oxygens (including phenoxy) is 1. The first-order chi connectivity index (χ1) is 13.6. The Morgan fingerprint density at radius 1 is 1.18 bits per heavy atom. The minimum Gasteiger partial charge on any atom is -0.496 e. The first kappa shape index (κ1) is 17.7. The molecule has 2 aromatic carbocycles. The lowest BCUT2D eigenvalue weighted by Gasteiger charge is -2.11. The number of carbonyl (C=O) groups is 1. The van der Waals surface area contributed by atoms with Gasteiger partial charge in [0.25, 0.3) is 11.5 Å². The predicted octanol–water partition coefficient (Wildman–Crippen LogP) is 2.63. The molecule has 1 amide bonds. The van der Waals surface area contributed by atoms with Gasteiger partial charge in [-0.15, -0.1) is 0 Å². The number of fused-ring (bicyclic) bond motifs is 1. The molecule has 0 spiro atoms. The topological polar surface area (TPSA) is 91.0 Å². The van der Waals surface area contributed by atoms with Gasteiger partial charge in [0.15, 0.2) is 5.65 Å². The van der Waals surface area contributed by atoms with Crippen LogP contribution in [0, 0.1) is 0 Å². The summed E-state index contributed by atoms with van der Waals surface area (Å²) in [5, 5.41) is 4.87. The van der Waals surface area contributed by atoms with Crippen molar-refractivity contribution in [2.24, 2.45) is 0 Å². The van der Waals surface area contributed by atoms with Crippen molar-refractivity contribution in [2.75, 3.05) is 12.5 Å². The Hall–Kier alpha value is -3.65. The summed E-state index contributed by atoms with van der Waals surface area (Å²) in [6.07, 6.45) is 2.65. The molecule has 28 heavy (non-hydrogen) atoms. The van der Waals surface area contributed by atoms with Crippen molar-refractivity contribution in [3.05, 3.63) is 82.0 Å². The van der Waals surface area contributed by atoms with Crippen molar-refractivity contribution in [1.82, 2.24) is 19.4 Å². The molecular weight excluding hydrogens is 382 g/mol. The molecule has 0 saturated carbocycles. The predicted molar refractivity (Wildman–Crippen MR) is 105 cm³/mol. The van der Waals surface area contributed by atoms with Gasteiger partial charge in [0.2, 0.25) is 0 Å². The Bertz CT molecular complexity index is 1230. The summed E-state index contributed by atoms with van der Waals surface area (Å²) >= 11 is 5.96. The van der Waals surface area contributed by atoms with Crippen LogP contribution in [0.4, 0.5) is 0 Å². The first-order valence-electron chi connectivity index (χ1n) is 8.24. The summed E-state index contributed by atoms with van der Waals surface area (Å²) in [5.41, 5.74) is 3.40. The summed E-state index contributed by atoms with van der Waals surface area (Å²) in [6.45, 7) is 0. The highest BCUT2D eigenvalue weighted by molar-refractivity contribution is 6.31. The summed E-state index contributed by atoms with van der Waals surface area (Å²) in [7, 11) is 1.44. The maximum atomic E-state index is 12.8. The fourth-order valence-electron chi connectivity index (χ4n) is 2.78. The zero-order valence-electron chi connectivity index (χ0n) is 14.7. The van der Waals surface area contributed by atoms with Crippen LogP contribution in [0.15, 0.2) is 65.8 Å². The molecule has 4 aromatic rings. The average molecular weight is 396 g/mol. The van der Waals surface area contributed by atoms with Gasteiger partial charge in [-0.2, -0.15) is 5.10 Å². The van der Waals surface area contributed by atoms with Gasteiger partial charge in [-0.05, 0) is 30.3 Å². The third-order valence-electron chi connectivity index (χ3n) is 4.12. The van der Waals surface area contributed by atoms with Crippen LogP contribution < -0.4 is 15.7 Å². The van der Waals surface area contributed by atoms with Crippen molar-refractivity contribution < 1.29 is 9.53 Å². The van der Waals surface area contributed by atoms with E-state index in [0.717, 1.165) is 10.4 Å². The van der Waals surface area contributed by atoms with Gasteiger partial charge in [0.05, 0.1) is 24.6 Å². The van der Waals surface area contributed by atoms with Gasteiger partial charge in [-0.1, -0.05) is 29.8 Å². The standard InChI is InChI=1S/C19H14ClN5O3/c1-28-16-8-7-12(20)9-14(16)18(26)23-24-11-21-17-15(19(24)27)10-22-25(17)13-5-3-2-4-6-13/h2-11H,1H3,(H,23,26). The van der Waals surface area contributed by atoms with E-state index in [0.29, 0.717) is 16.4 Å². The number of methoxy groups -OCH3 is 1. The molecule has 4 rings (SSSR count). The number of benzene rings is 2. The minimum atomic E-state index is -0.557. The molecule has 0 fully saturated rings. The quantitative estimate of drug-likeness (QED) is 0.573. The Morgan fingerprint density at radius 3 is 2.71 bits per heavy atom. The van der Waals surface area contributed by atoms with E-state index < -0.39 is 11.5 Å². The Balaban J connectivity index is 1.71. The third-order valence-corrected chi connectivity index (χ3v) is 4.35. The summed E-state index contributed by atoms with van der Waals surface area (Å²) < 4.78 is 7.74. The van der Waals surface area contributed by atoms with Gasteiger partial charge >= 0.3 is 0 Å². The van der Waals surface area contributed by atoms with Gasteiger partial charge in [-0.25, -0.2) is 14.3 Å². The van der Waals surface area contributed by atoms with Crippen molar-refractivity contribution in [3.63, 3.8) is 0 Å². The van der Waals surface area contributed by atoms with E-state index in [-0.39, 0.29) is 10.9 Å². The molecule has 0 unspecified atom stereocenters. The number of hydrogen-bond donors (Lipinski definition) is 1. The molecule has 8 nitrogen and oxygen atoms in total. The molecule has 9 heteroatoms. The van der Waals surface area contributed by atoms with E-state index in [1.165, 1.54) is 25.7 Å². The smallest absolute Gasteiger partial charge is 0.283 e. The molecule has 0 bridgehead atoms. The lowest BCUT2D eigenvalue weighted by atomic mass is 10.2. The van der Waals surface area contributed by atoms with Crippen molar-refractivity contribution in [3.8, 4) is 11.4 Å². The van der Waals surface area contributed by atoms with Crippen LogP contribution in [0.25, 0.3) is 16.7 Å². The van der Waals surface area contributed by atoms with Gasteiger partial charge in [0.1, 0.15) is 17.5 Å². The Labute approximate surface area is 163 Å². The second kappa shape index (κ2) is 7.16. The lowest BCUT2D eigenvalue weighted by Crippen LogP contribution is -2.33. The Kier molecular flexibility index (Phi) is 4.54. The van der Waals surface area contributed by atoms with Crippen molar-refractivity contribution in [2.45, 2.75) is 0 Å². The van der Waals surface area contributed by atoms with Crippen LogP contribution in [0.5, 0.6) is 5.75 Å². The molecule has 0 radical (unpaired) electrons. The lowest BCUT2D eigenvalue weighted by molar-refractivity contribution is 0.100. The van der Waals surface area contributed by atoms with E-state index in [1.807, 2.05) is 30.3 Å². The molecule has 1 N–H and O–H groups in total. The SMILES string of the molecule is COc1ccc(Cl)cc1C(=O)Nn1cnc2c(cnn2-c2ccccc2)c1=O. The van der Waals surface area contributed by atoms with Crippen LogP contribution in [0.3, 0.4) is 0 Å². The first-order valence-corrected chi connectivity index (χ1v) is 8.62. The number of para-hydroxylation sites is 1. The molecule has 2 aromatic heterocycles. The number of nitrogens with zero attached hydrogens (tertiary/aromatic N) is 4. The van der Waals surface area contributed by atoms with E-state index >= 15 is 0 Å². The number of amides is 1. The van der Waals surface area contributed by atoms with E-state index in [9.17, 15) is 9.59 Å². The second-order valence-corrected chi connectivity index (χ2v) is 6.27. The number of nitrogens with one attached hydrogen (secondary N) is 1. The number of hydrogen-bond acceptors (Lipinski definition) is 5. The van der Waals surface area contributed by atoms with E-state index in [1.54, 1.807) is 16.8 Å². The maximum absolute atomic E-state index is 12.8. The molecular formula is C19H14ClN5O3. The van der Waals surface area contributed by atoms with Crippen LogP contribution in [-0.2, 0) is 0 Å².